The van der Waals surface area contributed by atoms with Gasteiger partial charge in [0.2, 0.25) is 11.8 Å². The third-order valence-electron chi connectivity index (χ3n) is 3.16. The summed E-state index contributed by atoms with van der Waals surface area (Å²) in [7, 11) is 1.59. The SMILES string of the molecule is COc1ccc(C=NNC(=O)CCC(=O)Nc2ccccc2)cc1. The molecule has 0 atom stereocenters. The summed E-state index contributed by atoms with van der Waals surface area (Å²) in [5, 5.41) is 6.58. The minimum Gasteiger partial charge on any atom is -0.497 e. The zero-order valence-corrected chi connectivity index (χ0v) is 13.4. The molecule has 6 heteroatoms. The van der Waals surface area contributed by atoms with Crippen LogP contribution in [0.3, 0.4) is 0 Å². The van der Waals surface area contributed by atoms with Gasteiger partial charge in [0, 0.05) is 18.5 Å². The van der Waals surface area contributed by atoms with Crippen molar-refractivity contribution in [1.29, 1.82) is 0 Å². The molecule has 2 rings (SSSR count). The fourth-order valence-electron chi connectivity index (χ4n) is 1.90. The topological polar surface area (TPSA) is 79.8 Å². The molecule has 0 aliphatic rings. The fraction of sp³-hybridized carbons (Fsp3) is 0.167. The van der Waals surface area contributed by atoms with Crippen LogP contribution >= 0.6 is 0 Å². The summed E-state index contributed by atoms with van der Waals surface area (Å²) >= 11 is 0. The lowest BCUT2D eigenvalue weighted by atomic mass is 10.2. The maximum atomic E-state index is 11.7. The molecule has 0 radical (unpaired) electrons. The Morgan fingerprint density at radius 3 is 2.33 bits per heavy atom. The molecule has 24 heavy (non-hydrogen) atoms. The van der Waals surface area contributed by atoms with Crippen LogP contribution in [0, 0.1) is 0 Å². The predicted octanol–water partition coefficient (Wildman–Crippen LogP) is 2.56. The fourth-order valence-corrected chi connectivity index (χ4v) is 1.90. The van der Waals surface area contributed by atoms with Crippen molar-refractivity contribution in [2.75, 3.05) is 12.4 Å². The van der Waals surface area contributed by atoms with Crippen molar-refractivity contribution in [2.24, 2.45) is 5.10 Å². The monoisotopic (exact) mass is 325 g/mol. The van der Waals surface area contributed by atoms with Crippen molar-refractivity contribution >= 4 is 23.7 Å². The van der Waals surface area contributed by atoms with Crippen LogP contribution in [0.1, 0.15) is 18.4 Å². The molecular formula is C18H19N3O3. The molecule has 6 nitrogen and oxygen atoms in total. The van der Waals surface area contributed by atoms with Crippen molar-refractivity contribution in [3.8, 4) is 5.75 Å². The van der Waals surface area contributed by atoms with E-state index in [9.17, 15) is 9.59 Å². The molecule has 0 spiro atoms. The Bertz CT molecular complexity index is 697. The number of anilines is 1. The van der Waals surface area contributed by atoms with Gasteiger partial charge in [0.25, 0.3) is 0 Å². The summed E-state index contributed by atoms with van der Waals surface area (Å²) in [6, 6.07) is 16.3. The second-order valence-electron chi connectivity index (χ2n) is 4.98. The minimum absolute atomic E-state index is 0.0681. The van der Waals surface area contributed by atoms with Gasteiger partial charge in [-0.15, -0.1) is 0 Å². The number of para-hydroxylation sites is 1. The highest BCUT2D eigenvalue weighted by molar-refractivity contribution is 5.93. The van der Waals surface area contributed by atoms with Crippen LogP contribution in [0.15, 0.2) is 59.7 Å². The molecule has 0 aromatic heterocycles. The maximum Gasteiger partial charge on any atom is 0.240 e. The minimum atomic E-state index is -0.317. The maximum absolute atomic E-state index is 11.7. The van der Waals surface area contributed by atoms with Crippen LogP contribution < -0.4 is 15.5 Å². The zero-order chi connectivity index (χ0) is 17.2. The molecule has 0 aliphatic heterocycles. The van der Waals surface area contributed by atoms with Crippen LogP contribution in [0.4, 0.5) is 5.69 Å². The van der Waals surface area contributed by atoms with Crippen LogP contribution in [0.5, 0.6) is 5.75 Å². The second kappa shape index (κ2) is 9.09. The standard InChI is InChI=1S/C18H19N3O3/c1-24-16-9-7-14(8-10-16)13-19-21-18(23)12-11-17(22)20-15-5-3-2-4-6-15/h2-10,13H,11-12H2,1H3,(H,20,22)(H,21,23). The number of amides is 2. The van der Waals surface area contributed by atoms with Gasteiger partial charge >= 0.3 is 0 Å². The van der Waals surface area contributed by atoms with Crippen molar-refractivity contribution in [3.05, 3.63) is 60.2 Å². The van der Waals surface area contributed by atoms with Gasteiger partial charge < -0.3 is 10.1 Å². The smallest absolute Gasteiger partial charge is 0.240 e. The number of hydrazone groups is 1. The molecule has 0 unspecified atom stereocenters. The lowest BCUT2D eigenvalue weighted by Gasteiger charge is -2.04. The third kappa shape index (κ3) is 5.92. The van der Waals surface area contributed by atoms with E-state index >= 15 is 0 Å². The molecular weight excluding hydrogens is 306 g/mol. The third-order valence-corrected chi connectivity index (χ3v) is 3.16. The summed E-state index contributed by atoms with van der Waals surface area (Å²) in [4.78, 5) is 23.4. The average Bonchev–Trinajstić information content (AvgIpc) is 2.61. The average molecular weight is 325 g/mol. The number of rotatable bonds is 7. The van der Waals surface area contributed by atoms with E-state index in [0.717, 1.165) is 11.3 Å². The molecule has 0 aliphatic carbocycles. The van der Waals surface area contributed by atoms with Gasteiger partial charge in [-0.2, -0.15) is 5.10 Å². The first-order chi connectivity index (χ1) is 11.7. The molecule has 2 N–H and O–H groups in total. The van der Waals surface area contributed by atoms with E-state index in [-0.39, 0.29) is 24.7 Å². The first-order valence-electron chi connectivity index (χ1n) is 7.48. The normalized spacial score (nSPS) is 10.4. The highest BCUT2D eigenvalue weighted by atomic mass is 16.5. The van der Waals surface area contributed by atoms with Crippen molar-refractivity contribution in [1.82, 2.24) is 5.43 Å². The molecule has 0 bridgehead atoms. The Morgan fingerprint density at radius 2 is 1.67 bits per heavy atom. The zero-order valence-electron chi connectivity index (χ0n) is 13.4. The number of hydrogen-bond donors (Lipinski definition) is 2. The first kappa shape index (κ1) is 17.2. The Labute approximate surface area is 140 Å². The van der Waals surface area contributed by atoms with Crippen molar-refractivity contribution in [3.63, 3.8) is 0 Å². The van der Waals surface area contributed by atoms with Gasteiger partial charge in [0.05, 0.1) is 13.3 Å². The molecule has 0 saturated heterocycles. The van der Waals surface area contributed by atoms with Gasteiger partial charge in [-0.3, -0.25) is 9.59 Å². The Morgan fingerprint density at radius 1 is 1.00 bits per heavy atom. The molecule has 2 amide bonds. The van der Waals surface area contributed by atoms with Crippen LogP contribution in [-0.2, 0) is 9.59 Å². The highest BCUT2D eigenvalue weighted by Gasteiger charge is 2.06. The van der Waals surface area contributed by atoms with Crippen molar-refractivity contribution in [2.45, 2.75) is 12.8 Å². The number of benzene rings is 2. The summed E-state index contributed by atoms with van der Waals surface area (Å²) in [6.45, 7) is 0. The van der Waals surface area contributed by atoms with Crippen molar-refractivity contribution < 1.29 is 14.3 Å². The summed E-state index contributed by atoms with van der Waals surface area (Å²) in [5.74, 6) is 0.221. The van der Waals surface area contributed by atoms with E-state index in [1.165, 1.54) is 6.21 Å². The Kier molecular flexibility index (Phi) is 6.52. The summed E-state index contributed by atoms with van der Waals surface area (Å²) in [5.41, 5.74) is 3.94. The number of carbonyl (C=O) groups is 2. The van der Waals surface area contributed by atoms with E-state index in [2.05, 4.69) is 15.8 Å². The molecule has 2 aromatic rings. The number of nitrogens with one attached hydrogen (secondary N) is 2. The number of carbonyl (C=O) groups excluding carboxylic acids is 2. The number of hydrogen-bond acceptors (Lipinski definition) is 4. The highest BCUT2D eigenvalue weighted by Crippen LogP contribution is 2.09. The van der Waals surface area contributed by atoms with E-state index in [1.807, 2.05) is 30.3 Å². The van der Waals surface area contributed by atoms with Crippen LogP contribution in [0.2, 0.25) is 0 Å². The van der Waals surface area contributed by atoms with Gasteiger partial charge in [0.15, 0.2) is 0 Å². The molecule has 0 fully saturated rings. The number of ether oxygens (including phenoxy) is 1. The van der Waals surface area contributed by atoms with E-state index in [0.29, 0.717) is 5.69 Å². The lowest BCUT2D eigenvalue weighted by Crippen LogP contribution is -2.20. The van der Waals surface area contributed by atoms with Gasteiger partial charge in [-0.25, -0.2) is 5.43 Å². The second-order valence-corrected chi connectivity index (χ2v) is 4.98. The van der Waals surface area contributed by atoms with Gasteiger partial charge in [-0.05, 0) is 42.0 Å². The number of nitrogens with zero attached hydrogens (tertiary/aromatic N) is 1. The van der Waals surface area contributed by atoms with E-state index < -0.39 is 0 Å². The first-order valence-corrected chi connectivity index (χ1v) is 7.48. The quantitative estimate of drug-likeness (QED) is 0.606. The summed E-state index contributed by atoms with van der Waals surface area (Å²) in [6.07, 6.45) is 1.69. The van der Waals surface area contributed by atoms with Crippen LogP contribution in [0.25, 0.3) is 0 Å². The Hall–Kier alpha value is -3.15. The number of methoxy groups -OCH3 is 1. The van der Waals surface area contributed by atoms with E-state index in [4.69, 9.17) is 4.74 Å². The van der Waals surface area contributed by atoms with Gasteiger partial charge in [0.1, 0.15) is 5.75 Å². The molecule has 124 valence electrons. The predicted molar refractivity (Wildman–Crippen MR) is 93.0 cm³/mol. The molecule has 0 saturated carbocycles. The molecule has 2 aromatic carbocycles. The lowest BCUT2D eigenvalue weighted by molar-refractivity contribution is -0.124. The van der Waals surface area contributed by atoms with E-state index in [1.54, 1.807) is 31.4 Å². The van der Waals surface area contributed by atoms with Crippen LogP contribution in [-0.4, -0.2) is 25.1 Å². The summed E-state index contributed by atoms with van der Waals surface area (Å²) < 4.78 is 5.06. The largest absolute Gasteiger partial charge is 0.497 e. The Balaban J connectivity index is 1.70. The molecule has 0 heterocycles. The van der Waals surface area contributed by atoms with Gasteiger partial charge in [-0.1, -0.05) is 18.2 Å².